The molecule has 15 heavy (non-hydrogen) atoms. The van der Waals surface area contributed by atoms with E-state index < -0.39 is 0 Å². The van der Waals surface area contributed by atoms with Crippen LogP contribution in [-0.4, -0.2) is 6.61 Å². The molecule has 1 rings (SSSR count). The number of rotatable bonds is 6. The first-order chi connectivity index (χ1) is 7.33. The first-order valence-corrected chi connectivity index (χ1v) is 5.69. The largest absolute Gasteiger partial charge is 0.372 e. The summed E-state index contributed by atoms with van der Waals surface area (Å²) in [6.07, 6.45) is 4.78. The van der Waals surface area contributed by atoms with E-state index in [0.717, 1.165) is 10.9 Å². The average Bonchev–Trinajstić information content (AvgIpc) is 2.28. The molecule has 2 heteroatoms. The van der Waals surface area contributed by atoms with Crippen LogP contribution in [0.4, 0.5) is 0 Å². The van der Waals surface area contributed by atoms with Crippen LogP contribution in [-0.2, 0) is 11.3 Å². The molecular formula is C13H15BrO. The topological polar surface area (TPSA) is 9.23 Å². The Kier molecular flexibility index (Phi) is 6.05. The van der Waals surface area contributed by atoms with E-state index in [1.54, 1.807) is 0 Å². The van der Waals surface area contributed by atoms with Crippen LogP contribution in [0, 0.1) is 0 Å². The van der Waals surface area contributed by atoms with Crippen molar-refractivity contribution in [2.45, 2.75) is 13.0 Å². The zero-order chi connectivity index (χ0) is 10.9. The summed E-state index contributed by atoms with van der Waals surface area (Å²) >= 11 is 3.44. The highest BCUT2D eigenvalue weighted by Gasteiger charge is 1.93. The Morgan fingerprint density at radius 3 is 2.73 bits per heavy atom. The van der Waals surface area contributed by atoms with Crippen molar-refractivity contribution in [3.05, 3.63) is 59.1 Å². The second-order valence-corrected chi connectivity index (χ2v) is 4.17. The lowest BCUT2D eigenvalue weighted by molar-refractivity contribution is 0.147. The minimum Gasteiger partial charge on any atom is -0.372 e. The number of ether oxygens (including phenoxy) is 1. The summed E-state index contributed by atoms with van der Waals surface area (Å²) in [6, 6.07) is 10.1. The minimum absolute atomic E-state index is 0.614. The molecule has 0 N–H and O–H groups in total. The van der Waals surface area contributed by atoms with Gasteiger partial charge in [0.2, 0.25) is 0 Å². The Balaban J connectivity index is 2.24. The third kappa shape index (κ3) is 5.55. The van der Waals surface area contributed by atoms with E-state index in [2.05, 4.69) is 40.7 Å². The van der Waals surface area contributed by atoms with E-state index in [0.29, 0.717) is 13.2 Å². The number of hydrogen-bond donors (Lipinski definition) is 0. The van der Waals surface area contributed by atoms with Crippen molar-refractivity contribution in [3.63, 3.8) is 0 Å². The molecule has 0 fully saturated rings. The predicted octanol–water partition coefficient (Wildman–Crippen LogP) is 4.06. The molecule has 0 aliphatic rings. The average molecular weight is 267 g/mol. The molecule has 0 saturated heterocycles. The molecule has 0 atom stereocenters. The van der Waals surface area contributed by atoms with Gasteiger partial charge in [-0.05, 0) is 12.0 Å². The second-order valence-electron chi connectivity index (χ2n) is 3.15. The lowest BCUT2D eigenvalue weighted by atomic mass is 10.2. The Hall–Kier alpha value is -0.860. The molecule has 0 aliphatic carbocycles. The zero-order valence-electron chi connectivity index (χ0n) is 8.66. The molecule has 0 spiro atoms. The van der Waals surface area contributed by atoms with Crippen LogP contribution in [0.1, 0.15) is 12.0 Å². The summed E-state index contributed by atoms with van der Waals surface area (Å²) in [7, 11) is 0. The highest BCUT2D eigenvalue weighted by Crippen LogP contribution is 2.08. The molecular weight excluding hydrogens is 252 g/mol. The number of allylic oxidation sites excluding steroid dienone is 2. The van der Waals surface area contributed by atoms with Crippen molar-refractivity contribution in [3.8, 4) is 0 Å². The summed E-state index contributed by atoms with van der Waals surface area (Å²) in [4.78, 5) is 0. The van der Waals surface area contributed by atoms with E-state index in [-0.39, 0.29) is 0 Å². The van der Waals surface area contributed by atoms with Gasteiger partial charge in [0.25, 0.3) is 0 Å². The van der Waals surface area contributed by atoms with E-state index in [1.165, 1.54) is 5.56 Å². The van der Waals surface area contributed by atoms with Crippen LogP contribution in [0.3, 0.4) is 0 Å². The SMILES string of the molecule is C=CC/C=C(\Br)COCc1ccccc1. The predicted molar refractivity (Wildman–Crippen MR) is 67.9 cm³/mol. The smallest absolute Gasteiger partial charge is 0.0783 e. The maximum absolute atomic E-state index is 5.53. The molecule has 0 amide bonds. The fourth-order valence-corrected chi connectivity index (χ4v) is 1.46. The van der Waals surface area contributed by atoms with Gasteiger partial charge in [-0.1, -0.05) is 58.4 Å². The quantitative estimate of drug-likeness (QED) is 0.706. The summed E-state index contributed by atoms with van der Waals surface area (Å²) < 4.78 is 6.60. The Morgan fingerprint density at radius 2 is 2.07 bits per heavy atom. The van der Waals surface area contributed by atoms with Crippen LogP contribution in [0.15, 0.2) is 53.5 Å². The van der Waals surface area contributed by atoms with Gasteiger partial charge >= 0.3 is 0 Å². The normalized spacial score (nSPS) is 11.4. The van der Waals surface area contributed by atoms with Gasteiger partial charge in [0.05, 0.1) is 13.2 Å². The summed E-state index contributed by atoms with van der Waals surface area (Å²) in [5.41, 5.74) is 1.20. The van der Waals surface area contributed by atoms with E-state index in [4.69, 9.17) is 4.74 Å². The summed E-state index contributed by atoms with van der Waals surface area (Å²) in [5, 5.41) is 0. The van der Waals surface area contributed by atoms with Crippen molar-refractivity contribution in [1.82, 2.24) is 0 Å². The minimum atomic E-state index is 0.614. The van der Waals surface area contributed by atoms with Crippen LogP contribution in [0.2, 0.25) is 0 Å². The van der Waals surface area contributed by atoms with Gasteiger partial charge in [-0.15, -0.1) is 6.58 Å². The number of benzene rings is 1. The molecule has 1 aromatic rings. The van der Waals surface area contributed by atoms with Crippen molar-refractivity contribution >= 4 is 15.9 Å². The van der Waals surface area contributed by atoms with Crippen molar-refractivity contribution in [2.75, 3.05) is 6.61 Å². The van der Waals surface area contributed by atoms with Gasteiger partial charge in [0, 0.05) is 4.48 Å². The molecule has 0 heterocycles. The van der Waals surface area contributed by atoms with Crippen LogP contribution >= 0.6 is 15.9 Å². The molecule has 0 saturated carbocycles. The Morgan fingerprint density at radius 1 is 1.33 bits per heavy atom. The fraction of sp³-hybridized carbons (Fsp3) is 0.231. The van der Waals surface area contributed by atoms with Gasteiger partial charge in [0.1, 0.15) is 0 Å². The summed E-state index contributed by atoms with van der Waals surface area (Å²) in [5.74, 6) is 0. The standard InChI is InChI=1S/C13H15BrO/c1-2-3-9-13(14)11-15-10-12-7-5-4-6-8-12/h2,4-9H,1,3,10-11H2/b13-9-. The van der Waals surface area contributed by atoms with Crippen LogP contribution in [0.25, 0.3) is 0 Å². The van der Waals surface area contributed by atoms with Crippen LogP contribution in [0.5, 0.6) is 0 Å². The monoisotopic (exact) mass is 266 g/mol. The fourth-order valence-electron chi connectivity index (χ4n) is 1.11. The van der Waals surface area contributed by atoms with E-state index in [9.17, 15) is 0 Å². The molecule has 0 bridgehead atoms. The molecule has 1 aromatic carbocycles. The Labute approximate surface area is 99.6 Å². The number of halogens is 1. The second kappa shape index (κ2) is 7.43. The Bertz CT molecular complexity index is 317. The summed E-state index contributed by atoms with van der Waals surface area (Å²) in [6.45, 7) is 4.92. The number of hydrogen-bond acceptors (Lipinski definition) is 1. The maximum Gasteiger partial charge on any atom is 0.0783 e. The molecule has 1 nitrogen and oxygen atoms in total. The molecule has 0 aromatic heterocycles. The lowest BCUT2D eigenvalue weighted by Gasteiger charge is -2.03. The van der Waals surface area contributed by atoms with Crippen LogP contribution < -0.4 is 0 Å². The first-order valence-electron chi connectivity index (χ1n) is 4.90. The molecule has 0 aliphatic heterocycles. The molecule has 0 radical (unpaired) electrons. The zero-order valence-corrected chi connectivity index (χ0v) is 10.2. The highest BCUT2D eigenvalue weighted by molar-refractivity contribution is 9.11. The first kappa shape index (κ1) is 12.2. The maximum atomic E-state index is 5.53. The third-order valence-electron chi connectivity index (χ3n) is 1.86. The van der Waals surface area contributed by atoms with Gasteiger partial charge in [-0.25, -0.2) is 0 Å². The van der Waals surface area contributed by atoms with E-state index >= 15 is 0 Å². The molecule has 0 unspecified atom stereocenters. The lowest BCUT2D eigenvalue weighted by Crippen LogP contribution is -1.94. The van der Waals surface area contributed by atoms with Crippen molar-refractivity contribution in [2.24, 2.45) is 0 Å². The van der Waals surface area contributed by atoms with Crippen molar-refractivity contribution in [1.29, 1.82) is 0 Å². The van der Waals surface area contributed by atoms with E-state index in [1.807, 2.05) is 24.3 Å². The van der Waals surface area contributed by atoms with Gasteiger partial charge in [-0.2, -0.15) is 0 Å². The van der Waals surface area contributed by atoms with Gasteiger partial charge in [-0.3, -0.25) is 0 Å². The van der Waals surface area contributed by atoms with Gasteiger partial charge in [0.15, 0.2) is 0 Å². The molecule has 80 valence electrons. The van der Waals surface area contributed by atoms with Gasteiger partial charge < -0.3 is 4.74 Å². The third-order valence-corrected chi connectivity index (χ3v) is 2.41. The highest BCUT2D eigenvalue weighted by atomic mass is 79.9. The van der Waals surface area contributed by atoms with Crippen molar-refractivity contribution < 1.29 is 4.74 Å².